The molecule has 0 saturated heterocycles. The second-order valence-electron chi connectivity index (χ2n) is 2.25. The summed E-state index contributed by atoms with van der Waals surface area (Å²) in [5.74, 6) is -1.83. The fraction of sp³-hybridized carbons (Fsp3) is 0.125. The van der Waals surface area contributed by atoms with Gasteiger partial charge in [-0.2, -0.15) is 24.5 Å². The quantitative estimate of drug-likeness (QED) is 0.680. The molecule has 5 heteroatoms. The number of alkyl halides is 3. The summed E-state index contributed by atoms with van der Waals surface area (Å²) in [6.45, 7) is 0. The zero-order valence-corrected chi connectivity index (χ0v) is 7.15. The first-order chi connectivity index (χ1) is 6.00. The van der Waals surface area contributed by atoms with Crippen molar-refractivity contribution >= 4 is 23.2 Å². The summed E-state index contributed by atoms with van der Waals surface area (Å²) < 4.78 is 35.0. The molecule has 1 heterocycles. The predicted octanol–water partition coefficient (Wildman–Crippen LogP) is 2.89. The van der Waals surface area contributed by atoms with E-state index in [0.29, 0.717) is 11.6 Å². The average Bonchev–Trinajstić information content (AvgIpc) is 2.50. The Morgan fingerprint density at radius 1 is 1.46 bits per heavy atom. The number of halogens is 3. The van der Waals surface area contributed by atoms with Crippen molar-refractivity contribution in [1.29, 1.82) is 0 Å². The van der Waals surface area contributed by atoms with Crippen molar-refractivity contribution in [2.24, 2.45) is 0 Å². The minimum absolute atomic E-state index is 0.530. The Bertz CT molecular complexity index is 311. The van der Waals surface area contributed by atoms with Gasteiger partial charge in [-0.25, -0.2) is 0 Å². The van der Waals surface area contributed by atoms with Crippen LogP contribution in [0.15, 0.2) is 22.9 Å². The lowest BCUT2D eigenvalue weighted by atomic mass is 10.2. The highest BCUT2D eigenvalue weighted by Gasteiger charge is 2.35. The van der Waals surface area contributed by atoms with Gasteiger partial charge >= 0.3 is 6.18 Å². The SMILES string of the molecule is O=C(C=Cc1ccsc1)C(F)(F)F. The van der Waals surface area contributed by atoms with E-state index < -0.39 is 12.0 Å². The van der Waals surface area contributed by atoms with Gasteiger partial charge in [0.2, 0.25) is 0 Å². The molecule has 0 spiro atoms. The van der Waals surface area contributed by atoms with Crippen molar-refractivity contribution in [1.82, 2.24) is 0 Å². The molecule has 0 aliphatic rings. The second kappa shape index (κ2) is 3.74. The van der Waals surface area contributed by atoms with Gasteiger partial charge in [0.1, 0.15) is 0 Å². The molecule has 1 rings (SSSR count). The highest BCUT2D eigenvalue weighted by Crippen LogP contribution is 2.17. The number of carbonyl (C=O) groups excluding carboxylic acids is 1. The average molecular weight is 206 g/mol. The normalized spacial score (nSPS) is 12.2. The van der Waals surface area contributed by atoms with Gasteiger partial charge in [0, 0.05) is 0 Å². The van der Waals surface area contributed by atoms with Gasteiger partial charge in [-0.15, -0.1) is 0 Å². The van der Waals surface area contributed by atoms with Crippen LogP contribution in [0, 0.1) is 0 Å². The Morgan fingerprint density at radius 2 is 2.15 bits per heavy atom. The van der Waals surface area contributed by atoms with E-state index in [2.05, 4.69) is 0 Å². The highest BCUT2D eigenvalue weighted by atomic mass is 32.1. The molecule has 0 bridgehead atoms. The molecular formula is C8H5F3OS. The van der Waals surface area contributed by atoms with E-state index in [1.54, 1.807) is 16.8 Å². The molecule has 0 amide bonds. The fourth-order valence-corrected chi connectivity index (χ4v) is 1.26. The lowest BCUT2D eigenvalue weighted by molar-refractivity contribution is -0.165. The zero-order valence-electron chi connectivity index (χ0n) is 6.34. The summed E-state index contributed by atoms with van der Waals surface area (Å²) in [6, 6.07) is 1.63. The standard InChI is InChI=1S/C8H5F3OS/c9-8(10,11)7(12)2-1-6-3-4-13-5-6/h1-5H. The first kappa shape index (κ1) is 9.98. The monoisotopic (exact) mass is 206 g/mol. The van der Waals surface area contributed by atoms with Crippen LogP contribution in [0.2, 0.25) is 0 Å². The Labute approximate surface area is 76.5 Å². The first-order valence-electron chi connectivity index (χ1n) is 3.31. The zero-order chi connectivity index (χ0) is 9.90. The van der Waals surface area contributed by atoms with Crippen molar-refractivity contribution in [3.8, 4) is 0 Å². The van der Waals surface area contributed by atoms with Crippen molar-refractivity contribution in [3.05, 3.63) is 28.5 Å². The molecule has 0 aromatic carbocycles. The molecule has 0 aliphatic heterocycles. The van der Waals surface area contributed by atoms with Gasteiger partial charge in [0.15, 0.2) is 0 Å². The van der Waals surface area contributed by atoms with E-state index in [4.69, 9.17) is 0 Å². The van der Waals surface area contributed by atoms with Crippen LogP contribution in [0.3, 0.4) is 0 Å². The van der Waals surface area contributed by atoms with Crippen LogP contribution >= 0.6 is 11.3 Å². The van der Waals surface area contributed by atoms with Gasteiger partial charge in [0.05, 0.1) is 0 Å². The lowest BCUT2D eigenvalue weighted by Crippen LogP contribution is -2.19. The molecule has 1 nitrogen and oxygen atoms in total. The summed E-state index contributed by atoms with van der Waals surface area (Å²) in [7, 11) is 0. The summed E-state index contributed by atoms with van der Waals surface area (Å²) >= 11 is 1.35. The van der Waals surface area contributed by atoms with Gasteiger partial charge in [-0.1, -0.05) is 6.08 Å². The Kier molecular flexibility index (Phi) is 2.87. The number of hydrogen-bond acceptors (Lipinski definition) is 2. The number of thiophene rings is 1. The minimum atomic E-state index is -4.77. The number of hydrogen-bond donors (Lipinski definition) is 0. The number of allylic oxidation sites excluding steroid dienone is 1. The number of carbonyl (C=O) groups is 1. The van der Waals surface area contributed by atoms with E-state index in [9.17, 15) is 18.0 Å². The second-order valence-corrected chi connectivity index (χ2v) is 3.03. The van der Waals surface area contributed by atoms with Crippen LogP contribution in [0.4, 0.5) is 13.2 Å². The van der Waals surface area contributed by atoms with Crippen molar-refractivity contribution in [2.45, 2.75) is 6.18 Å². The van der Waals surface area contributed by atoms with Gasteiger partial charge in [-0.05, 0) is 28.5 Å². The van der Waals surface area contributed by atoms with Gasteiger partial charge < -0.3 is 0 Å². The highest BCUT2D eigenvalue weighted by molar-refractivity contribution is 7.08. The third-order valence-corrected chi connectivity index (χ3v) is 1.95. The van der Waals surface area contributed by atoms with E-state index in [1.165, 1.54) is 11.3 Å². The Morgan fingerprint density at radius 3 is 2.62 bits per heavy atom. The van der Waals surface area contributed by atoms with Crippen molar-refractivity contribution in [2.75, 3.05) is 0 Å². The maximum atomic E-state index is 11.7. The molecule has 0 atom stereocenters. The van der Waals surface area contributed by atoms with E-state index in [1.807, 2.05) is 0 Å². The fourth-order valence-electron chi connectivity index (χ4n) is 0.636. The Balaban J connectivity index is 2.65. The minimum Gasteiger partial charge on any atom is -0.285 e. The van der Waals surface area contributed by atoms with Crippen LogP contribution in [-0.4, -0.2) is 12.0 Å². The molecule has 0 unspecified atom stereocenters. The molecular weight excluding hydrogens is 201 g/mol. The summed E-state index contributed by atoms with van der Waals surface area (Å²) in [6.07, 6.45) is -3.10. The molecule has 0 N–H and O–H groups in total. The van der Waals surface area contributed by atoms with Crippen LogP contribution in [0.5, 0.6) is 0 Å². The van der Waals surface area contributed by atoms with E-state index in [0.717, 1.165) is 6.08 Å². The summed E-state index contributed by atoms with van der Waals surface area (Å²) in [4.78, 5) is 10.4. The molecule has 1 aromatic heterocycles. The summed E-state index contributed by atoms with van der Waals surface area (Å²) in [5, 5.41) is 3.37. The molecule has 70 valence electrons. The molecule has 1 aromatic rings. The van der Waals surface area contributed by atoms with Gasteiger partial charge in [0.25, 0.3) is 5.78 Å². The maximum Gasteiger partial charge on any atom is 0.454 e. The topological polar surface area (TPSA) is 17.1 Å². The van der Waals surface area contributed by atoms with Crippen molar-refractivity contribution < 1.29 is 18.0 Å². The molecule has 0 radical (unpaired) electrons. The van der Waals surface area contributed by atoms with E-state index >= 15 is 0 Å². The lowest BCUT2D eigenvalue weighted by Gasteiger charge is -1.98. The van der Waals surface area contributed by atoms with Crippen LogP contribution in [0.1, 0.15) is 5.56 Å². The summed E-state index contributed by atoms with van der Waals surface area (Å²) in [5.41, 5.74) is 0.600. The van der Waals surface area contributed by atoms with Crippen molar-refractivity contribution in [3.63, 3.8) is 0 Å². The van der Waals surface area contributed by atoms with Gasteiger partial charge in [-0.3, -0.25) is 4.79 Å². The van der Waals surface area contributed by atoms with Crippen LogP contribution in [-0.2, 0) is 4.79 Å². The molecule has 0 fully saturated rings. The number of rotatable bonds is 2. The smallest absolute Gasteiger partial charge is 0.285 e. The molecule has 0 aliphatic carbocycles. The Hall–Kier alpha value is -1.10. The van der Waals surface area contributed by atoms with Crippen LogP contribution < -0.4 is 0 Å². The number of ketones is 1. The molecule has 0 saturated carbocycles. The largest absolute Gasteiger partial charge is 0.454 e. The third-order valence-electron chi connectivity index (χ3n) is 1.25. The van der Waals surface area contributed by atoms with E-state index in [-0.39, 0.29) is 0 Å². The predicted molar refractivity (Wildman–Crippen MR) is 44.4 cm³/mol. The maximum absolute atomic E-state index is 11.7. The molecule has 13 heavy (non-hydrogen) atoms. The van der Waals surface area contributed by atoms with Crippen LogP contribution in [0.25, 0.3) is 6.08 Å². The third kappa shape index (κ3) is 3.02. The first-order valence-corrected chi connectivity index (χ1v) is 4.26.